The normalized spacial score (nSPS) is 21.4. The maximum absolute atomic E-state index is 14.4. The van der Waals surface area contributed by atoms with Gasteiger partial charge in [-0.2, -0.15) is 5.10 Å². The molecule has 0 unspecified atom stereocenters. The fourth-order valence-corrected chi connectivity index (χ4v) is 7.02. The third kappa shape index (κ3) is 10.8. The molecule has 296 valence electrons. The highest BCUT2D eigenvalue weighted by Gasteiger charge is 2.59. The van der Waals surface area contributed by atoms with Crippen LogP contribution >= 0.6 is 7.67 Å². The fourth-order valence-electron chi connectivity index (χ4n) is 5.13. The molecule has 2 aromatic heterocycles. The van der Waals surface area contributed by atoms with E-state index in [0.717, 1.165) is 0 Å². The summed E-state index contributed by atoms with van der Waals surface area (Å²) in [6.45, 7) is 17.1. The number of nitrogens with one attached hydrogen (secondary N) is 3. The van der Waals surface area contributed by atoms with Gasteiger partial charge in [-0.1, -0.05) is 41.5 Å². The number of ether oxygens (including phenoxy) is 5. The second-order valence-corrected chi connectivity index (χ2v) is 15.6. The van der Waals surface area contributed by atoms with Gasteiger partial charge in [0, 0.05) is 5.92 Å². The molecule has 1 amide bonds. The average molecular weight is 769 g/mol. The van der Waals surface area contributed by atoms with Crippen LogP contribution in [-0.2, 0) is 56.7 Å². The molecule has 0 aromatic carbocycles. The van der Waals surface area contributed by atoms with Gasteiger partial charge in [0.15, 0.2) is 18.0 Å². The van der Waals surface area contributed by atoms with Gasteiger partial charge in [0.25, 0.3) is 0 Å². The van der Waals surface area contributed by atoms with E-state index >= 15 is 0 Å². The molecule has 6 atom stereocenters. The van der Waals surface area contributed by atoms with Gasteiger partial charge in [-0.3, -0.25) is 28.5 Å². The summed E-state index contributed by atoms with van der Waals surface area (Å²) in [5, 5.41) is 12.4. The molecule has 2 aromatic rings. The minimum absolute atomic E-state index is 0.0558. The molecule has 0 bridgehead atoms. The minimum Gasteiger partial charge on any atom is -0.465 e. The van der Waals surface area contributed by atoms with E-state index in [9.17, 15) is 28.5 Å². The molecule has 3 N–H and O–H groups in total. The third-order valence-corrected chi connectivity index (χ3v) is 10.1. The quantitative estimate of drug-likeness (QED) is 0.112. The van der Waals surface area contributed by atoms with E-state index in [-0.39, 0.29) is 30.9 Å². The maximum Gasteiger partial charge on any atom is 0.342 e. The number of hydrogen-bond donors (Lipinski definition) is 3. The molecular formula is C34H53N6O12P. The Labute approximate surface area is 309 Å². The second-order valence-electron chi connectivity index (χ2n) is 13.8. The number of esters is 4. The maximum atomic E-state index is 14.4. The molecule has 0 saturated carbocycles. The average Bonchev–Trinajstić information content (AvgIpc) is 3.63. The Bertz CT molecular complexity index is 1650. The van der Waals surface area contributed by atoms with Crippen LogP contribution in [0.3, 0.4) is 0 Å². The van der Waals surface area contributed by atoms with Gasteiger partial charge in [-0.05, 0) is 46.8 Å². The first kappa shape index (κ1) is 43.4. The van der Waals surface area contributed by atoms with Crippen LogP contribution in [0, 0.1) is 17.8 Å². The summed E-state index contributed by atoms with van der Waals surface area (Å²) >= 11 is 0. The molecule has 3 rings (SSSR count). The van der Waals surface area contributed by atoms with Gasteiger partial charge in [-0.15, -0.1) is 0 Å². The summed E-state index contributed by atoms with van der Waals surface area (Å²) in [4.78, 5) is 68.3. The van der Waals surface area contributed by atoms with Crippen molar-refractivity contribution in [2.24, 2.45) is 17.8 Å². The first-order valence-electron chi connectivity index (χ1n) is 17.6. The van der Waals surface area contributed by atoms with Gasteiger partial charge in [-0.25, -0.2) is 19.7 Å². The Kier molecular flexibility index (Phi) is 15.1. The van der Waals surface area contributed by atoms with Crippen molar-refractivity contribution in [1.82, 2.24) is 24.8 Å². The van der Waals surface area contributed by atoms with Crippen LogP contribution in [0.1, 0.15) is 88.0 Å². The summed E-state index contributed by atoms with van der Waals surface area (Å²) < 4.78 is 50.6. The summed E-state index contributed by atoms with van der Waals surface area (Å²) in [6, 6.07) is 0.950. The zero-order chi connectivity index (χ0) is 39.8. The molecule has 1 aliphatic rings. The zero-order valence-corrected chi connectivity index (χ0v) is 33.1. The number of anilines is 1. The SMILES string of the molecule is CCOC(=O)[C@H](C)NP(=O)(N[C@@H](C)C(=O)OCC)OC[C@@]1(C)O[C@@H](c2ccc3c(NC(=O)C(C)C)ncnn23)[C@H](OC(=O)C(C)C)[C@@H]1OC(=O)C(C)C. The molecule has 1 saturated heterocycles. The number of carbonyl (C=O) groups is 5. The second kappa shape index (κ2) is 18.4. The van der Waals surface area contributed by atoms with Crippen LogP contribution in [0.15, 0.2) is 18.5 Å². The number of rotatable bonds is 18. The highest BCUT2D eigenvalue weighted by atomic mass is 31.2. The van der Waals surface area contributed by atoms with Gasteiger partial charge in [0.05, 0.1) is 37.4 Å². The minimum atomic E-state index is -4.37. The van der Waals surface area contributed by atoms with Gasteiger partial charge < -0.3 is 33.5 Å². The molecule has 19 heteroatoms. The lowest BCUT2D eigenvalue weighted by atomic mass is 9.95. The molecule has 3 heterocycles. The molecular weight excluding hydrogens is 715 g/mol. The molecule has 53 heavy (non-hydrogen) atoms. The van der Waals surface area contributed by atoms with E-state index < -0.39 is 86.0 Å². The Morgan fingerprint density at radius 1 is 0.849 bits per heavy atom. The summed E-state index contributed by atoms with van der Waals surface area (Å²) in [7, 11) is -4.37. The lowest BCUT2D eigenvalue weighted by Gasteiger charge is -2.34. The fraction of sp³-hybridized carbons (Fsp3) is 0.676. The van der Waals surface area contributed by atoms with E-state index in [1.165, 1.54) is 31.6 Å². The number of amides is 1. The van der Waals surface area contributed by atoms with Crippen LogP contribution in [-0.4, -0.2) is 94.1 Å². The van der Waals surface area contributed by atoms with Crippen molar-refractivity contribution < 1.29 is 56.7 Å². The van der Waals surface area contributed by atoms with Crippen LogP contribution in [0.2, 0.25) is 0 Å². The van der Waals surface area contributed by atoms with Crippen LogP contribution < -0.4 is 15.5 Å². The number of nitrogens with zero attached hydrogens (tertiary/aromatic N) is 3. The number of aromatic nitrogens is 3. The summed E-state index contributed by atoms with van der Waals surface area (Å²) in [5.74, 6) is -4.34. The highest BCUT2D eigenvalue weighted by molar-refractivity contribution is 7.54. The molecule has 18 nitrogen and oxygen atoms in total. The number of hydrogen-bond acceptors (Lipinski definition) is 14. The largest absolute Gasteiger partial charge is 0.465 e. The molecule has 0 radical (unpaired) electrons. The number of fused-ring (bicyclic) bond motifs is 1. The summed E-state index contributed by atoms with van der Waals surface area (Å²) in [5.41, 5.74) is -0.958. The van der Waals surface area contributed by atoms with Gasteiger partial charge in [0.1, 0.15) is 35.6 Å². The zero-order valence-electron chi connectivity index (χ0n) is 32.2. The van der Waals surface area contributed by atoms with Crippen molar-refractivity contribution in [1.29, 1.82) is 0 Å². The molecule has 0 aliphatic carbocycles. The standard InChI is InChI=1S/C34H53N6O12P/c1-12-47-32(44)21(9)38-53(46,39-22(10)33(45)48-13-2)49-16-34(11)27(51-31(43)20(7)8)26(50-30(42)19(5)6)25(52-34)23-14-15-24-28(35-17-36-40(23)24)37-29(41)18(3)4/h14-15,17-22,25-27H,12-13,16H2,1-11H3,(H2,38,39,46)(H,35,36,37,41)/t21-,22-,25-,26-,27-,34+/m0/s1. The van der Waals surface area contributed by atoms with Crippen molar-refractivity contribution in [3.8, 4) is 0 Å². The highest BCUT2D eigenvalue weighted by Crippen LogP contribution is 2.48. The Hall–Kier alpha value is -3.96. The smallest absolute Gasteiger partial charge is 0.342 e. The predicted molar refractivity (Wildman–Crippen MR) is 190 cm³/mol. The molecule has 1 fully saturated rings. The lowest BCUT2D eigenvalue weighted by Crippen LogP contribution is -2.50. The van der Waals surface area contributed by atoms with Crippen molar-refractivity contribution in [3.63, 3.8) is 0 Å². The van der Waals surface area contributed by atoms with Crippen molar-refractivity contribution in [3.05, 3.63) is 24.2 Å². The lowest BCUT2D eigenvalue weighted by molar-refractivity contribution is -0.175. The van der Waals surface area contributed by atoms with Crippen LogP contribution in [0.4, 0.5) is 5.82 Å². The van der Waals surface area contributed by atoms with E-state index in [1.807, 2.05) is 0 Å². The first-order chi connectivity index (χ1) is 24.8. The number of carbonyl (C=O) groups excluding carboxylic acids is 5. The topological polar surface area (TPSA) is 224 Å². The van der Waals surface area contributed by atoms with Crippen molar-refractivity contribution in [2.75, 3.05) is 25.1 Å². The predicted octanol–water partition coefficient (Wildman–Crippen LogP) is 3.50. The van der Waals surface area contributed by atoms with Crippen LogP contribution in [0.25, 0.3) is 5.52 Å². The van der Waals surface area contributed by atoms with Crippen LogP contribution in [0.5, 0.6) is 0 Å². The third-order valence-electron chi connectivity index (χ3n) is 8.11. The van der Waals surface area contributed by atoms with E-state index in [1.54, 1.807) is 67.5 Å². The monoisotopic (exact) mass is 768 g/mol. The Morgan fingerprint density at radius 3 is 1.91 bits per heavy atom. The molecule has 0 spiro atoms. The Balaban J connectivity index is 2.14. The van der Waals surface area contributed by atoms with Gasteiger partial charge >= 0.3 is 31.5 Å². The van der Waals surface area contributed by atoms with Gasteiger partial charge in [0.2, 0.25) is 5.91 Å². The van der Waals surface area contributed by atoms with Crippen molar-refractivity contribution in [2.45, 2.75) is 112 Å². The molecule has 1 aliphatic heterocycles. The van der Waals surface area contributed by atoms with E-state index in [4.69, 9.17) is 28.2 Å². The Morgan fingerprint density at radius 2 is 1.40 bits per heavy atom. The van der Waals surface area contributed by atoms with Crippen molar-refractivity contribution >= 4 is 48.8 Å². The van der Waals surface area contributed by atoms with E-state index in [0.29, 0.717) is 11.2 Å². The summed E-state index contributed by atoms with van der Waals surface area (Å²) in [6.07, 6.45) is -2.58. The van der Waals surface area contributed by atoms with E-state index in [2.05, 4.69) is 25.6 Å². The first-order valence-corrected chi connectivity index (χ1v) is 19.3.